The lowest BCUT2D eigenvalue weighted by Crippen LogP contribution is -2.31. The highest BCUT2D eigenvalue weighted by Gasteiger charge is 2.09. The number of hydrogen-bond donors (Lipinski definition) is 2. The Labute approximate surface area is 132 Å². The topological polar surface area (TPSA) is 24.1 Å². The Morgan fingerprint density at radius 3 is 2.43 bits per heavy atom. The van der Waals surface area contributed by atoms with Crippen LogP contribution in [-0.4, -0.2) is 5.11 Å². The largest absolute Gasteiger partial charge is 0.356 e. The zero-order valence-electron chi connectivity index (χ0n) is 13.0. The first-order valence-electron chi connectivity index (χ1n) is 7.17. The van der Waals surface area contributed by atoms with Crippen LogP contribution in [0.25, 0.3) is 0 Å². The lowest BCUT2D eigenvalue weighted by atomic mass is 10.0. The van der Waals surface area contributed by atoms with E-state index in [9.17, 15) is 0 Å². The van der Waals surface area contributed by atoms with Gasteiger partial charge >= 0.3 is 0 Å². The van der Waals surface area contributed by atoms with Gasteiger partial charge in [-0.2, -0.15) is 0 Å². The zero-order chi connectivity index (χ0) is 15.4. The molecule has 0 spiro atoms. The van der Waals surface area contributed by atoms with E-state index in [4.69, 9.17) is 12.2 Å². The Morgan fingerprint density at radius 2 is 1.71 bits per heavy atom. The maximum Gasteiger partial charge on any atom is 0.171 e. The Kier molecular flexibility index (Phi) is 4.97. The lowest BCUT2D eigenvalue weighted by Gasteiger charge is -2.20. The van der Waals surface area contributed by atoms with Crippen LogP contribution in [0.15, 0.2) is 42.5 Å². The van der Waals surface area contributed by atoms with Crippen LogP contribution in [0, 0.1) is 20.8 Å². The fraction of sp³-hybridized carbons (Fsp3) is 0.278. The van der Waals surface area contributed by atoms with E-state index in [0.29, 0.717) is 5.11 Å². The third-order valence-electron chi connectivity index (χ3n) is 3.64. The first-order chi connectivity index (χ1) is 9.97. The maximum atomic E-state index is 5.44. The van der Waals surface area contributed by atoms with Crippen molar-refractivity contribution in [3.63, 3.8) is 0 Å². The molecule has 0 aliphatic carbocycles. The number of benzene rings is 2. The Balaban J connectivity index is 2.05. The summed E-state index contributed by atoms with van der Waals surface area (Å²) in [6.07, 6.45) is 0. The van der Waals surface area contributed by atoms with Crippen molar-refractivity contribution in [3.8, 4) is 0 Å². The number of thiocarbonyl (C=S) groups is 1. The molecule has 0 unspecified atom stereocenters. The van der Waals surface area contributed by atoms with Gasteiger partial charge in [0.1, 0.15) is 0 Å². The summed E-state index contributed by atoms with van der Waals surface area (Å²) in [5.41, 5.74) is 6.00. The van der Waals surface area contributed by atoms with Crippen LogP contribution in [0.3, 0.4) is 0 Å². The third-order valence-corrected chi connectivity index (χ3v) is 3.86. The van der Waals surface area contributed by atoms with Gasteiger partial charge in [0, 0.05) is 5.69 Å². The van der Waals surface area contributed by atoms with Crippen molar-refractivity contribution in [2.24, 2.45) is 0 Å². The molecule has 0 fully saturated rings. The molecule has 0 aliphatic rings. The molecule has 3 heteroatoms. The third kappa shape index (κ3) is 4.05. The molecule has 1 atom stereocenters. The van der Waals surface area contributed by atoms with Crippen molar-refractivity contribution >= 4 is 23.0 Å². The second-order valence-electron chi connectivity index (χ2n) is 5.50. The van der Waals surface area contributed by atoms with Gasteiger partial charge in [0.05, 0.1) is 6.04 Å². The molecule has 0 amide bonds. The highest BCUT2D eigenvalue weighted by atomic mass is 32.1. The van der Waals surface area contributed by atoms with E-state index in [0.717, 1.165) is 5.69 Å². The van der Waals surface area contributed by atoms with Crippen molar-refractivity contribution in [3.05, 3.63) is 64.7 Å². The first kappa shape index (κ1) is 15.5. The average molecular weight is 298 g/mol. The quantitative estimate of drug-likeness (QED) is 0.806. The number of aryl methyl sites for hydroxylation is 3. The van der Waals surface area contributed by atoms with Crippen LogP contribution in [0.1, 0.15) is 35.2 Å². The van der Waals surface area contributed by atoms with E-state index in [2.05, 4.69) is 80.8 Å². The summed E-state index contributed by atoms with van der Waals surface area (Å²) < 4.78 is 0. The maximum absolute atomic E-state index is 5.44. The van der Waals surface area contributed by atoms with E-state index in [-0.39, 0.29) is 6.04 Å². The molecule has 0 saturated carbocycles. The first-order valence-corrected chi connectivity index (χ1v) is 7.58. The summed E-state index contributed by atoms with van der Waals surface area (Å²) in [7, 11) is 0. The highest BCUT2D eigenvalue weighted by molar-refractivity contribution is 7.80. The molecule has 0 bridgehead atoms. The molecule has 2 N–H and O–H groups in total. The molecular weight excluding hydrogens is 276 g/mol. The summed E-state index contributed by atoms with van der Waals surface area (Å²) in [5, 5.41) is 7.30. The van der Waals surface area contributed by atoms with Gasteiger partial charge in [-0.3, -0.25) is 0 Å². The minimum atomic E-state index is 0.177. The minimum Gasteiger partial charge on any atom is -0.356 e. The molecule has 2 rings (SSSR count). The van der Waals surface area contributed by atoms with Gasteiger partial charge in [-0.15, -0.1) is 0 Å². The van der Waals surface area contributed by atoms with Crippen molar-refractivity contribution in [2.75, 3.05) is 5.32 Å². The van der Waals surface area contributed by atoms with Crippen LogP contribution >= 0.6 is 12.2 Å². The van der Waals surface area contributed by atoms with Crippen molar-refractivity contribution < 1.29 is 0 Å². The van der Waals surface area contributed by atoms with Crippen LogP contribution in [-0.2, 0) is 0 Å². The lowest BCUT2D eigenvalue weighted by molar-refractivity contribution is 0.717. The average Bonchev–Trinajstić information content (AvgIpc) is 2.43. The Bertz CT molecular complexity index is 649. The molecule has 0 saturated heterocycles. The van der Waals surface area contributed by atoms with E-state index in [1.54, 1.807) is 0 Å². The number of anilines is 1. The molecule has 2 nitrogen and oxygen atoms in total. The fourth-order valence-electron chi connectivity index (χ4n) is 2.38. The monoisotopic (exact) mass is 298 g/mol. The van der Waals surface area contributed by atoms with Gasteiger partial charge in [0.2, 0.25) is 0 Å². The molecule has 0 aliphatic heterocycles. The van der Waals surface area contributed by atoms with Crippen molar-refractivity contribution in [1.29, 1.82) is 0 Å². The van der Waals surface area contributed by atoms with Gasteiger partial charge in [0.25, 0.3) is 0 Å². The number of hydrogen-bond acceptors (Lipinski definition) is 1. The van der Waals surface area contributed by atoms with E-state index in [1.807, 2.05) is 0 Å². The van der Waals surface area contributed by atoms with Gasteiger partial charge in [-0.25, -0.2) is 0 Å². The van der Waals surface area contributed by atoms with Gasteiger partial charge in [-0.1, -0.05) is 36.4 Å². The van der Waals surface area contributed by atoms with Crippen LogP contribution < -0.4 is 10.6 Å². The Morgan fingerprint density at radius 1 is 1.00 bits per heavy atom. The number of rotatable bonds is 3. The van der Waals surface area contributed by atoms with Gasteiger partial charge in [0.15, 0.2) is 5.11 Å². The summed E-state index contributed by atoms with van der Waals surface area (Å²) >= 11 is 5.44. The van der Waals surface area contributed by atoms with E-state index in [1.165, 1.54) is 22.3 Å². The number of nitrogens with one attached hydrogen (secondary N) is 2. The molecular formula is C18H22N2S. The molecule has 2 aromatic rings. The van der Waals surface area contributed by atoms with Crippen molar-refractivity contribution in [2.45, 2.75) is 33.7 Å². The standard InChI is InChI=1S/C18H22N2S/c1-12-9-10-14(3)17(11-12)20-18(21)19-15(4)16-8-6-5-7-13(16)2/h5-11,15H,1-4H3,(H2,19,20,21)/t15-/m1/s1. The van der Waals surface area contributed by atoms with Crippen LogP contribution in [0.5, 0.6) is 0 Å². The second-order valence-corrected chi connectivity index (χ2v) is 5.90. The Hall–Kier alpha value is -1.87. The van der Waals surface area contributed by atoms with E-state index < -0.39 is 0 Å². The molecule has 2 aromatic carbocycles. The minimum absolute atomic E-state index is 0.177. The smallest absolute Gasteiger partial charge is 0.171 e. The molecule has 0 aromatic heterocycles. The predicted molar refractivity (Wildman–Crippen MR) is 94.9 cm³/mol. The SMILES string of the molecule is Cc1ccc(C)c(NC(=S)N[C@H](C)c2ccccc2C)c1. The summed E-state index contributed by atoms with van der Waals surface area (Å²) in [6, 6.07) is 14.9. The summed E-state index contributed by atoms with van der Waals surface area (Å²) in [5.74, 6) is 0. The normalized spacial score (nSPS) is 11.8. The highest BCUT2D eigenvalue weighted by Crippen LogP contribution is 2.19. The zero-order valence-corrected chi connectivity index (χ0v) is 13.8. The second kappa shape index (κ2) is 6.72. The summed E-state index contributed by atoms with van der Waals surface area (Å²) in [4.78, 5) is 0. The fourth-order valence-corrected chi connectivity index (χ4v) is 2.66. The van der Waals surface area contributed by atoms with Gasteiger partial charge < -0.3 is 10.6 Å². The molecule has 0 radical (unpaired) electrons. The van der Waals surface area contributed by atoms with Gasteiger partial charge in [-0.05, 0) is 68.2 Å². The molecule has 0 heterocycles. The summed E-state index contributed by atoms with van der Waals surface area (Å²) in [6.45, 7) is 8.40. The van der Waals surface area contributed by atoms with E-state index >= 15 is 0 Å². The van der Waals surface area contributed by atoms with Crippen LogP contribution in [0.4, 0.5) is 5.69 Å². The van der Waals surface area contributed by atoms with Crippen LogP contribution in [0.2, 0.25) is 0 Å². The van der Waals surface area contributed by atoms with Crippen molar-refractivity contribution in [1.82, 2.24) is 5.32 Å². The molecule has 21 heavy (non-hydrogen) atoms. The molecule has 110 valence electrons. The predicted octanol–water partition coefficient (Wildman–Crippen LogP) is 4.66.